The van der Waals surface area contributed by atoms with Gasteiger partial charge in [-0.3, -0.25) is 4.79 Å². The van der Waals surface area contributed by atoms with Crippen molar-refractivity contribution in [2.75, 3.05) is 33.8 Å². The number of carbonyl (C=O) groups is 2. The van der Waals surface area contributed by atoms with Crippen LogP contribution >= 0.6 is 11.6 Å². The van der Waals surface area contributed by atoms with Gasteiger partial charge in [-0.25, -0.2) is 18.0 Å². The summed E-state index contributed by atoms with van der Waals surface area (Å²) in [6, 6.07) is 3.97. The van der Waals surface area contributed by atoms with Crippen molar-refractivity contribution < 1.29 is 27.5 Å². The van der Waals surface area contributed by atoms with E-state index in [9.17, 15) is 22.8 Å². The molecule has 8 nitrogen and oxygen atoms in total. The molecule has 1 saturated heterocycles. The number of rotatable bonds is 7. The molecule has 0 radical (unpaired) electrons. The van der Waals surface area contributed by atoms with Gasteiger partial charge in [0.2, 0.25) is 0 Å². The van der Waals surface area contributed by atoms with E-state index in [1.54, 1.807) is 14.0 Å². The second kappa shape index (κ2) is 12.0. The summed E-state index contributed by atoms with van der Waals surface area (Å²) in [4.78, 5) is 26.0. The lowest BCUT2D eigenvalue weighted by Gasteiger charge is -2.36. The molecular formula is C25H27ClF3N5O3. The minimum Gasteiger partial charge on any atom is -0.490 e. The molecule has 1 aliphatic heterocycles. The van der Waals surface area contributed by atoms with Crippen molar-refractivity contribution in [2.24, 2.45) is 0 Å². The average Bonchev–Trinajstić information content (AvgIpc) is 2.85. The van der Waals surface area contributed by atoms with Gasteiger partial charge in [-0.05, 0) is 31.5 Å². The molecule has 2 aromatic rings. The van der Waals surface area contributed by atoms with Crippen LogP contribution in [-0.2, 0) is 0 Å². The molecule has 0 aliphatic carbocycles. The summed E-state index contributed by atoms with van der Waals surface area (Å²) in [6.07, 6.45) is 0.213. The SMILES string of the molecule is CNC(=O)NCCOc1cc(F)cc(C(=O)N2CC/C(=C(/NC)c3cc(F)cc(F)c3)C(=N)[C@@H]2C)c1Cl. The zero-order valence-corrected chi connectivity index (χ0v) is 21.2. The Hall–Kier alpha value is -3.73. The van der Waals surface area contributed by atoms with Crippen LogP contribution in [0.3, 0.4) is 0 Å². The topological polar surface area (TPSA) is 107 Å². The molecular weight excluding hydrogens is 511 g/mol. The zero-order valence-electron chi connectivity index (χ0n) is 20.5. The maximum absolute atomic E-state index is 14.4. The van der Waals surface area contributed by atoms with E-state index in [1.807, 2.05) is 0 Å². The van der Waals surface area contributed by atoms with Crippen molar-refractivity contribution >= 4 is 34.9 Å². The molecule has 3 amide bonds. The first-order valence-corrected chi connectivity index (χ1v) is 11.8. The number of nitrogens with zero attached hydrogens (tertiary/aromatic N) is 1. The van der Waals surface area contributed by atoms with E-state index >= 15 is 0 Å². The second-order valence-corrected chi connectivity index (χ2v) is 8.60. The summed E-state index contributed by atoms with van der Waals surface area (Å²) >= 11 is 6.38. The number of likely N-dealkylation sites (tertiary alicyclic amines) is 1. The van der Waals surface area contributed by atoms with Crippen LogP contribution < -0.4 is 20.7 Å². The second-order valence-electron chi connectivity index (χ2n) is 8.22. The maximum Gasteiger partial charge on any atom is 0.314 e. The first kappa shape index (κ1) is 27.9. The number of hydrogen-bond donors (Lipinski definition) is 4. The lowest BCUT2D eigenvalue weighted by Crippen LogP contribution is -2.48. The number of nitrogens with one attached hydrogen (secondary N) is 4. The Kier molecular flexibility index (Phi) is 9.04. The highest BCUT2D eigenvalue weighted by atomic mass is 35.5. The van der Waals surface area contributed by atoms with Gasteiger partial charge in [0.1, 0.15) is 29.8 Å². The number of piperidine rings is 1. The van der Waals surface area contributed by atoms with Crippen LogP contribution in [-0.4, -0.2) is 62.4 Å². The van der Waals surface area contributed by atoms with E-state index < -0.39 is 35.4 Å². The summed E-state index contributed by atoms with van der Waals surface area (Å²) in [6.45, 7) is 1.89. The Bertz CT molecular complexity index is 1230. The van der Waals surface area contributed by atoms with E-state index in [0.29, 0.717) is 11.3 Å². The number of halogens is 4. The van der Waals surface area contributed by atoms with Crippen LogP contribution in [0.1, 0.15) is 29.3 Å². The molecule has 4 N–H and O–H groups in total. The monoisotopic (exact) mass is 537 g/mol. The van der Waals surface area contributed by atoms with Crippen LogP contribution in [0.2, 0.25) is 5.02 Å². The smallest absolute Gasteiger partial charge is 0.314 e. The fourth-order valence-electron chi connectivity index (χ4n) is 4.07. The normalized spacial score (nSPS) is 16.8. The van der Waals surface area contributed by atoms with Gasteiger partial charge in [-0.2, -0.15) is 0 Å². The minimum absolute atomic E-state index is 0.0173. The molecule has 2 aromatic carbocycles. The van der Waals surface area contributed by atoms with Gasteiger partial charge in [-0.15, -0.1) is 0 Å². The van der Waals surface area contributed by atoms with Gasteiger partial charge in [-0.1, -0.05) is 11.6 Å². The van der Waals surface area contributed by atoms with Crippen molar-refractivity contribution in [2.45, 2.75) is 19.4 Å². The fourth-order valence-corrected chi connectivity index (χ4v) is 4.31. The Morgan fingerprint density at radius 3 is 2.35 bits per heavy atom. The number of amides is 3. The van der Waals surface area contributed by atoms with E-state index in [2.05, 4.69) is 16.0 Å². The Balaban J connectivity index is 1.83. The predicted octanol–water partition coefficient (Wildman–Crippen LogP) is 3.95. The predicted molar refractivity (Wildman–Crippen MR) is 135 cm³/mol. The van der Waals surface area contributed by atoms with Gasteiger partial charge in [0, 0.05) is 49.6 Å². The third-order valence-electron chi connectivity index (χ3n) is 5.88. The van der Waals surface area contributed by atoms with Gasteiger partial charge in [0.15, 0.2) is 0 Å². The van der Waals surface area contributed by atoms with Crippen molar-refractivity contribution in [3.63, 3.8) is 0 Å². The fraction of sp³-hybridized carbons (Fsp3) is 0.320. The first-order chi connectivity index (χ1) is 17.6. The number of hydrogen-bond acceptors (Lipinski definition) is 5. The van der Waals surface area contributed by atoms with Crippen molar-refractivity contribution in [3.8, 4) is 5.75 Å². The van der Waals surface area contributed by atoms with E-state index in [4.69, 9.17) is 21.7 Å². The summed E-state index contributed by atoms with van der Waals surface area (Å²) in [5.41, 5.74) is 1.06. The molecule has 0 bridgehead atoms. The first-order valence-electron chi connectivity index (χ1n) is 11.4. The van der Waals surface area contributed by atoms with Gasteiger partial charge in [0.05, 0.1) is 28.9 Å². The summed E-state index contributed by atoms with van der Waals surface area (Å²) in [7, 11) is 3.04. The number of carbonyl (C=O) groups excluding carboxylic acids is 2. The highest BCUT2D eigenvalue weighted by Gasteiger charge is 2.34. The molecule has 1 atom stereocenters. The molecule has 0 aromatic heterocycles. The van der Waals surface area contributed by atoms with Crippen LogP contribution in [0.25, 0.3) is 5.70 Å². The summed E-state index contributed by atoms with van der Waals surface area (Å²) < 4.78 is 47.4. The van der Waals surface area contributed by atoms with Gasteiger partial charge in [0.25, 0.3) is 5.91 Å². The van der Waals surface area contributed by atoms with Crippen molar-refractivity contribution in [1.29, 1.82) is 5.41 Å². The lowest BCUT2D eigenvalue weighted by molar-refractivity contribution is 0.0727. The molecule has 3 rings (SSSR count). The molecule has 1 aliphatic rings. The van der Waals surface area contributed by atoms with Crippen molar-refractivity contribution in [1.82, 2.24) is 20.9 Å². The third kappa shape index (κ3) is 6.34. The third-order valence-corrected chi connectivity index (χ3v) is 6.27. The van der Waals surface area contributed by atoms with Gasteiger partial charge < -0.3 is 31.0 Å². The molecule has 0 spiro atoms. The largest absolute Gasteiger partial charge is 0.490 e. The molecule has 1 fully saturated rings. The summed E-state index contributed by atoms with van der Waals surface area (Å²) in [5, 5.41) is 16.4. The lowest BCUT2D eigenvalue weighted by atomic mass is 9.90. The van der Waals surface area contributed by atoms with Crippen LogP contribution in [0, 0.1) is 22.9 Å². The Morgan fingerprint density at radius 2 is 1.73 bits per heavy atom. The number of benzene rings is 2. The maximum atomic E-state index is 14.4. The minimum atomic E-state index is -0.751. The standard InChI is InChI=1S/C25H27ClF3N5O3/c1-13-22(30)18(23(31-2)14-8-15(27)10-16(28)9-14)4-6-34(13)24(35)19-11-17(29)12-20(21(19)26)37-7-5-33-25(36)32-3/h8-13,30-31H,4-7H2,1-3H3,(H2,32,33,36)/b23-18-,30-22?/t13-/m0/s1. The zero-order chi connectivity index (χ0) is 27.3. The summed E-state index contributed by atoms with van der Waals surface area (Å²) in [5.74, 6) is -2.91. The van der Waals surface area contributed by atoms with E-state index in [-0.39, 0.29) is 53.7 Å². The number of urea groups is 1. The molecule has 12 heteroatoms. The Morgan fingerprint density at radius 1 is 1.08 bits per heavy atom. The Labute approximate surface area is 217 Å². The molecule has 1 heterocycles. The highest BCUT2D eigenvalue weighted by Crippen LogP contribution is 2.33. The quantitative estimate of drug-likeness (QED) is 0.401. The molecule has 198 valence electrons. The van der Waals surface area contributed by atoms with Crippen molar-refractivity contribution in [3.05, 3.63) is 69.5 Å². The van der Waals surface area contributed by atoms with E-state index in [0.717, 1.165) is 30.3 Å². The van der Waals surface area contributed by atoms with Crippen LogP contribution in [0.5, 0.6) is 5.75 Å². The van der Waals surface area contributed by atoms with Crippen LogP contribution in [0.15, 0.2) is 35.9 Å². The highest BCUT2D eigenvalue weighted by molar-refractivity contribution is 6.35. The number of ether oxygens (including phenoxy) is 1. The average molecular weight is 538 g/mol. The van der Waals surface area contributed by atoms with Crippen LogP contribution in [0.4, 0.5) is 18.0 Å². The van der Waals surface area contributed by atoms with Gasteiger partial charge >= 0.3 is 6.03 Å². The molecule has 37 heavy (non-hydrogen) atoms. The van der Waals surface area contributed by atoms with E-state index in [1.165, 1.54) is 11.9 Å². The molecule has 0 saturated carbocycles. The molecule has 0 unspecified atom stereocenters.